The third-order valence-electron chi connectivity index (χ3n) is 5.78. The van der Waals surface area contributed by atoms with E-state index < -0.39 is 47.9 Å². The number of carboxylic acids is 1. The summed E-state index contributed by atoms with van der Waals surface area (Å²) in [5.41, 5.74) is 7.42. The number of hydrogen-bond acceptors (Lipinski definition) is 7. The quantitative estimate of drug-likeness (QED) is 0.174. The highest BCUT2D eigenvalue weighted by Gasteiger charge is 2.30. The van der Waals surface area contributed by atoms with E-state index in [0.29, 0.717) is 12.0 Å². The van der Waals surface area contributed by atoms with Crippen LogP contribution >= 0.6 is 12.6 Å². The second-order valence-electron chi connectivity index (χ2n) is 9.50. The number of nitrogens with one attached hydrogen (secondary N) is 3. The SMILES string of the molecule is CC(C)CC(N)C(=O)NC(Cc1ccc(O)cc1)C(=O)NC(Cc1ccccc1)C(=O)NC(CS)C(=O)O. The second kappa shape index (κ2) is 15.0. The molecule has 7 N–H and O–H groups in total. The predicted molar refractivity (Wildman–Crippen MR) is 147 cm³/mol. The second-order valence-corrected chi connectivity index (χ2v) is 9.87. The summed E-state index contributed by atoms with van der Waals surface area (Å²) in [5.74, 6) is -3.03. The zero-order chi connectivity index (χ0) is 28.2. The first-order chi connectivity index (χ1) is 18.0. The lowest BCUT2D eigenvalue weighted by Gasteiger charge is -2.25. The fourth-order valence-corrected chi connectivity index (χ4v) is 4.01. The van der Waals surface area contributed by atoms with Crippen LogP contribution < -0.4 is 21.7 Å². The maximum Gasteiger partial charge on any atom is 0.327 e. The van der Waals surface area contributed by atoms with Crippen molar-refractivity contribution in [3.8, 4) is 5.75 Å². The van der Waals surface area contributed by atoms with E-state index in [1.807, 2.05) is 19.9 Å². The van der Waals surface area contributed by atoms with E-state index in [2.05, 4.69) is 28.6 Å². The lowest BCUT2D eigenvalue weighted by atomic mass is 10.0. The minimum absolute atomic E-state index is 0.0505. The van der Waals surface area contributed by atoms with Crippen LogP contribution in [0.1, 0.15) is 31.4 Å². The maximum absolute atomic E-state index is 13.5. The Hall–Kier alpha value is -3.57. The molecule has 0 aliphatic carbocycles. The largest absolute Gasteiger partial charge is 0.508 e. The van der Waals surface area contributed by atoms with E-state index in [1.165, 1.54) is 12.1 Å². The Morgan fingerprint density at radius 1 is 0.789 bits per heavy atom. The monoisotopic (exact) mass is 544 g/mol. The fraction of sp³-hybridized carbons (Fsp3) is 0.407. The molecule has 0 aliphatic rings. The molecule has 3 amide bonds. The van der Waals surface area contributed by atoms with Crippen LogP contribution in [0.4, 0.5) is 0 Å². The van der Waals surface area contributed by atoms with E-state index in [1.54, 1.807) is 36.4 Å². The van der Waals surface area contributed by atoms with Crippen molar-refractivity contribution in [2.75, 3.05) is 5.75 Å². The Balaban J connectivity index is 2.30. The molecule has 0 bridgehead atoms. The van der Waals surface area contributed by atoms with Gasteiger partial charge in [0.15, 0.2) is 0 Å². The first-order valence-electron chi connectivity index (χ1n) is 12.3. The number of amides is 3. The molecule has 0 saturated carbocycles. The number of aliphatic carboxylic acids is 1. The van der Waals surface area contributed by atoms with Gasteiger partial charge in [-0.1, -0.05) is 56.3 Å². The van der Waals surface area contributed by atoms with Crippen LogP contribution in [0.15, 0.2) is 54.6 Å². The van der Waals surface area contributed by atoms with Crippen molar-refractivity contribution in [2.24, 2.45) is 11.7 Å². The number of nitrogens with two attached hydrogens (primary N) is 1. The standard InChI is InChI=1S/C27H36N4O6S/c1-16(2)12-20(28)24(33)29-21(14-18-8-10-19(32)11-9-18)25(34)30-22(13-17-6-4-3-5-7-17)26(35)31-23(15-38)27(36)37/h3-11,16,20-23,32,38H,12-15,28H2,1-2H3,(H,29,33)(H,30,34)(H,31,35)(H,36,37). The third-order valence-corrected chi connectivity index (χ3v) is 6.15. The maximum atomic E-state index is 13.5. The van der Waals surface area contributed by atoms with Gasteiger partial charge in [-0.05, 0) is 35.6 Å². The van der Waals surface area contributed by atoms with Crippen LogP contribution in [0, 0.1) is 5.92 Å². The van der Waals surface area contributed by atoms with Crippen molar-refractivity contribution in [1.29, 1.82) is 0 Å². The van der Waals surface area contributed by atoms with Crippen LogP contribution in [0.5, 0.6) is 5.75 Å². The molecule has 0 aliphatic heterocycles. The molecule has 0 saturated heterocycles. The summed E-state index contributed by atoms with van der Waals surface area (Å²) in [6, 6.07) is 10.8. The van der Waals surface area contributed by atoms with Crippen molar-refractivity contribution in [2.45, 2.75) is 57.3 Å². The summed E-state index contributed by atoms with van der Waals surface area (Å²) >= 11 is 3.98. The molecule has 38 heavy (non-hydrogen) atoms. The van der Waals surface area contributed by atoms with Gasteiger partial charge >= 0.3 is 5.97 Å². The van der Waals surface area contributed by atoms with Crippen molar-refractivity contribution in [3.63, 3.8) is 0 Å². The molecular formula is C27H36N4O6S. The molecular weight excluding hydrogens is 508 g/mol. The number of carboxylic acid groups (broad SMARTS) is 1. The zero-order valence-electron chi connectivity index (χ0n) is 21.5. The highest BCUT2D eigenvalue weighted by Crippen LogP contribution is 2.13. The van der Waals surface area contributed by atoms with Gasteiger partial charge in [0.2, 0.25) is 17.7 Å². The molecule has 10 nitrogen and oxygen atoms in total. The van der Waals surface area contributed by atoms with Gasteiger partial charge in [-0.15, -0.1) is 0 Å². The predicted octanol–water partition coefficient (Wildman–Crippen LogP) is 1.02. The molecule has 0 spiro atoms. The number of thiol groups is 1. The first kappa shape index (κ1) is 30.7. The van der Waals surface area contributed by atoms with E-state index in [-0.39, 0.29) is 30.3 Å². The molecule has 0 heterocycles. The number of phenols is 1. The average molecular weight is 545 g/mol. The van der Waals surface area contributed by atoms with Crippen molar-refractivity contribution in [1.82, 2.24) is 16.0 Å². The zero-order valence-corrected chi connectivity index (χ0v) is 22.4. The number of phenolic OH excluding ortho intramolecular Hbond substituents is 1. The number of benzene rings is 2. The van der Waals surface area contributed by atoms with Crippen molar-refractivity contribution < 1.29 is 29.4 Å². The fourth-order valence-electron chi connectivity index (χ4n) is 3.76. The molecule has 206 valence electrons. The van der Waals surface area contributed by atoms with Crippen LogP contribution in [0.25, 0.3) is 0 Å². The Bertz CT molecular complexity index is 1080. The molecule has 0 fully saturated rings. The van der Waals surface area contributed by atoms with Gasteiger partial charge in [0.25, 0.3) is 0 Å². The van der Waals surface area contributed by atoms with E-state index in [9.17, 15) is 29.4 Å². The lowest BCUT2D eigenvalue weighted by Crippen LogP contribution is -2.58. The van der Waals surface area contributed by atoms with Gasteiger partial charge in [-0.25, -0.2) is 4.79 Å². The van der Waals surface area contributed by atoms with Gasteiger partial charge in [0.05, 0.1) is 6.04 Å². The molecule has 0 aromatic heterocycles. The van der Waals surface area contributed by atoms with E-state index >= 15 is 0 Å². The van der Waals surface area contributed by atoms with Crippen molar-refractivity contribution >= 4 is 36.3 Å². The molecule has 2 aromatic rings. The average Bonchev–Trinajstić information content (AvgIpc) is 2.87. The van der Waals surface area contributed by atoms with E-state index in [4.69, 9.17) is 5.73 Å². The Morgan fingerprint density at radius 2 is 1.26 bits per heavy atom. The summed E-state index contributed by atoms with van der Waals surface area (Å²) in [5, 5.41) is 26.7. The Morgan fingerprint density at radius 3 is 1.74 bits per heavy atom. The topological polar surface area (TPSA) is 171 Å². The Kier molecular flexibility index (Phi) is 12.1. The number of rotatable bonds is 14. The highest BCUT2D eigenvalue weighted by atomic mass is 32.1. The first-order valence-corrected chi connectivity index (χ1v) is 13.0. The van der Waals surface area contributed by atoms with Gasteiger partial charge in [0.1, 0.15) is 23.9 Å². The van der Waals surface area contributed by atoms with Gasteiger partial charge < -0.3 is 31.9 Å². The third kappa shape index (κ3) is 10.1. The van der Waals surface area contributed by atoms with Crippen molar-refractivity contribution in [3.05, 3.63) is 65.7 Å². The number of hydrogen-bond donors (Lipinski definition) is 7. The molecule has 4 atom stereocenters. The number of aromatic hydroxyl groups is 1. The summed E-state index contributed by atoms with van der Waals surface area (Å²) in [6.45, 7) is 3.85. The van der Waals surface area contributed by atoms with Gasteiger partial charge in [0, 0.05) is 18.6 Å². The lowest BCUT2D eigenvalue weighted by molar-refractivity contribution is -0.141. The van der Waals surface area contributed by atoms with Gasteiger partial charge in [-0.3, -0.25) is 14.4 Å². The highest BCUT2D eigenvalue weighted by molar-refractivity contribution is 7.80. The summed E-state index contributed by atoms with van der Waals surface area (Å²) in [6.07, 6.45) is 0.573. The normalized spacial score (nSPS) is 14.1. The summed E-state index contributed by atoms with van der Waals surface area (Å²) in [4.78, 5) is 50.8. The number of carbonyl (C=O) groups is 4. The molecule has 2 rings (SSSR count). The van der Waals surface area contributed by atoms with Crippen LogP contribution in [-0.2, 0) is 32.0 Å². The molecule has 2 aromatic carbocycles. The van der Waals surface area contributed by atoms with Crippen LogP contribution in [0.3, 0.4) is 0 Å². The smallest absolute Gasteiger partial charge is 0.327 e. The summed E-state index contributed by atoms with van der Waals surface area (Å²) in [7, 11) is 0. The van der Waals surface area contributed by atoms with Gasteiger partial charge in [-0.2, -0.15) is 12.6 Å². The molecule has 4 unspecified atom stereocenters. The Labute approximate surface area is 227 Å². The minimum Gasteiger partial charge on any atom is -0.508 e. The minimum atomic E-state index is -1.25. The molecule has 11 heteroatoms. The van der Waals surface area contributed by atoms with E-state index in [0.717, 1.165) is 5.56 Å². The molecule has 0 radical (unpaired) electrons. The number of carbonyl (C=O) groups excluding carboxylic acids is 3. The van der Waals surface area contributed by atoms with Crippen LogP contribution in [0.2, 0.25) is 0 Å². The van der Waals surface area contributed by atoms with Crippen LogP contribution in [-0.4, -0.2) is 63.8 Å². The summed E-state index contributed by atoms with van der Waals surface area (Å²) < 4.78 is 0.